The fourth-order valence-electron chi connectivity index (χ4n) is 1.23. The Morgan fingerprint density at radius 1 is 1.44 bits per heavy atom. The molecule has 0 radical (unpaired) electrons. The molecule has 0 spiro atoms. The molecule has 4 heteroatoms. The highest BCUT2D eigenvalue weighted by Gasteiger charge is 2.09. The van der Waals surface area contributed by atoms with Crippen molar-refractivity contribution in [1.82, 2.24) is 0 Å². The number of rotatable bonds is 4. The summed E-state index contributed by atoms with van der Waals surface area (Å²) in [5, 5.41) is 9.13. The Bertz CT molecular complexity index is 512. The van der Waals surface area contributed by atoms with Gasteiger partial charge in [0.1, 0.15) is 11.6 Å². The van der Waals surface area contributed by atoms with Crippen LogP contribution >= 0.6 is 11.6 Å². The molecular formula is C14H12ClNO2. The lowest BCUT2D eigenvalue weighted by atomic mass is 10.2. The Morgan fingerprint density at radius 3 is 2.67 bits per heavy atom. The first-order valence-corrected chi connectivity index (χ1v) is 5.76. The van der Waals surface area contributed by atoms with Gasteiger partial charge < -0.3 is 4.74 Å². The van der Waals surface area contributed by atoms with E-state index in [4.69, 9.17) is 21.6 Å². The molecule has 3 nitrogen and oxygen atoms in total. The minimum absolute atomic E-state index is 0.117. The summed E-state index contributed by atoms with van der Waals surface area (Å²) < 4.78 is 4.73. The van der Waals surface area contributed by atoms with Crippen molar-refractivity contribution in [2.45, 2.75) is 6.92 Å². The first-order valence-electron chi connectivity index (χ1n) is 5.38. The molecule has 0 amide bonds. The van der Waals surface area contributed by atoms with Gasteiger partial charge in [-0.05, 0) is 24.6 Å². The van der Waals surface area contributed by atoms with Crippen molar-refractivity contribution in [2.24, 2.45) is 0 Å². The average Bonchev–Trinajstić information content (AvgIpc) is 2.37. The van der Waals surface area contributed by atoms with Crippen molar-refractivity contribution in [1.29, 1.82) is 5.26 Å². The monoisotopic (exact) mass is 261 g/mol. The number of hydrogen-bond donors (Lipinski definition) is 0. The van der Waals surface area contributed by atoms with Crippen LogP contribution in [-0.2, 0) is 9.53 Å². The van der Waals surface area contributed by atoms with Gasteiger partial charge >= 0.3 is 5.97 Å². The molecule has 0 aliphatic carbocycles. The number of nitriles is 1. The van der Waals surface area contributed by atoms with Crippen LogP contribution in [0.1, 0.15) is 12.5 Å². The number of carbonyl (C=O) groups excluding carboxylic acids is 1. The van der Waals surface area contributed by atoms with Gasteiger partial charge in [-0.25, -0.2) is 4.79 Å². The average molecular weight is 262 g/mol. The van der Waals surface area contributed by atoms with Crippen LogP contribution in [0.3, 0.4) is 0 Å². The van der Waals surface area contributed by atoms with E-state index < -0.39 is 5.97 Å². The molecule has 0 aliphatic heterocycles. The molecule has 0 N–H and O–H groups in total. The highest BCUT2D eigenvalue weighted by Crippen LogP contribution is 2.13. The predicted molar refractivity (Wildman–Crippen MR) is 70.6 cm³/mol. The Labute approximate surface area is 111 Å². The summed E-state index contributed by atoms with van der Waals surface area (Å²) in [4.78, 5) is 11.4. The summed E-state index contributed by atoms with van der Waals surface area (Å²) in [7, 11) is 0. The van der Waals surface area contributed by atoms with Gasteiger partial charge in [0.15, 0.2) is 0 Å². The Hall–Kier alpha value is -2.05. The molecule has 0 aliphatic rings. The molecule has 18 heavy (non-hydrogen) atoms. The summed E-state index contributed by atoms with van der Waals surface area (Å²) in [5.74, 6) is -0.667. The number of carbonyl (C=O) groups is 1. The molecule has 0 aromatic heterocycles. The lowest BCUT2D eigenvalue weighted by Gasteiger charge is -1.99. The second-order valence-corrected chi connectivity index (χ2v) is 3.77. The van der Waals surface area contributed by atoms with E-state index in [2.05, 4.69) is 0 Å². The van der Waals surface area contributed by atoms with Gasteiger partial charge in [-0.1, -0.05) is 41.9 Å². The van der Waals surface area contributed by atoms with E-state index in [1.165, 1.54) is 6.08 Å². The Morgan fingerprint density at radius 2 is 2.11 bits per heavy atom. The van der Waals surface area contributed by atoms with E-state index in [1.54, 1.807) is 19.1 Å². The van der Waals surface area contributed by atoms with Crippen molar-refractivity contribution >= 4 is 23.6 Å². The lowest BCUT2D eigenvalue weighted by molar-refractivity contribution is -0.138. The second-order valence-electron chi connectivity index (χ2n) is 3.33. The molecule has 0 saturated carbocycles. The van der Waals surface area contributed by atoms with Crippen LogP contribution in [0.25, 0.3) is 6.08 Å². The number of hydrogen-bond acceptors (Lipinski definition) is 3. The molecule has 0 heterocycles. The third-order valence-corrected chi connectivity index (χ3v) is 2.22. The highest BCUT2D eigenvalue weighted by molar-refractivity contribution is 6.33. The standard InChI is InChI=1S/C14H12ClNO2/c1-2-18-14(17)12(10-16)9-13(15)8-11-6-4-3-5-7-11/h3-9H,2H2,1H3/b12-9+,13-8-. The van der Waals surface area contributed by atoms with E-state index in [0.717, 1.165) is 5.56 Å². The summed E-state index contributed by atoms with van der Waals surface area (Å²) in [6, 6.07) is 11.1. The zero-order valence-corrected chi connectivity index (χ0v) is 10.6. The van der Waals surface area contributed by atoms with E-state index >= 15 is 0 Å². The van der Waals surface area contributed by atoms with Gasteiger partial charge in [0.25, 0.3) is 0 Å². The van der Waals surface area contributed by atoms with Crippen molar-refractivity contribution < 1.29 is 9.53 Å². The minimum atomic E-state index is -0.667. The summed E-state index contributed by atoms with van der Waals surface area (Å²) in [6.45, 7) is 1.90. The van der Waals surface area contributed by atoms with Crippen molar-refractivity contribution in [3.8, 4) is 6.07 Å². The van der Waals surface area contributed by atoms with Crippen molar-refractivity contribution in [3.05, 3.63) is 52.6 Å². The van der Waals surface area contributed by atoms with Gasteiger partial charge in [0.05, 0.1) is 6.61 Å². The molecule has 1 aromatic rings. The van der Waals surface area contributed by atoms with Crippen molar-refractivity contribution in [2.75, 3.05) is 6.61 Å². The van der Waals surface area contributed by atoms with Crippen LogP contribution in [0.4, 0.5) is 0 Å². The number of halogens is 1. The van der Waals surface area contributed by atoms with Crippen LogP contribution in [0.2, 0.25) is 0 Å². The van der Waals surface area contributed by atoms with E-state index in [-0.39, 0.29) is 12.2 Å². The van der Waals surface area contributed by atoms with Crippen LogP contribution in [0, 0.1) is 11.3 Å². The summed E-state index contributed by atoms with van der Waals surface area (Å²) in [6.07, 6.45) is 2.96. The molecule has 1 aromatic carbocycles. The topological polar surface area (TPSA) is 50.1 Å². The molecular weight excluding hydrogens is 250 g/mol. The van der Waals surface area contributed by atoms with Crippen molar-refractivity contribution in [3.63, 3.8) is 0 Å². The SMILES string of the molecule is CCOC(=O)/C(C#N)=C/C(Cl)=C/c1ccccc1. The maximum absolute atomic E-state index is 11.4. The van der Waals surface area contributed by atoms with Gasteiger partial charge in [-0.3, -0.25) is 0 Å². The zero-order chi connectivity index (χ0) is 13.4. The van der Waals surface area contributed by atoms with Gasteiger partial charge in [-0.2, -0.15) is 5.26 Å². The largest absolute Gasteiger partial charge is 0.462 e. The third kappa shape index (κ3) is 4.44. The number of benzene rings is 1. The molecule has 92 valence electrons. The van der Waals surface area contributed by atoms with Gasteiger partial charge in [0, 0.05) is 5.03 Å². The number of allylic oxidation sites excluding steroid dienone is 2. The fourth-order valence-corrected chi connectivity index (χ4v) is 1.47. The molecule has 0 bridgehead atoms. The lowest BCUT2D eigenvalue weighted by Crippen LogP contribution is -2.06. The Balaban J connectivity index is 2.90. The predicted octanol–water partition coefficient (Wildman–Crippen LogP) is 3.28. The van der Waals surface area contributed by atoms with Gasteiger partial charge in [-0.15, -0.1) is 0 Å². The molecule has 0 saturated heterocycles. The molecule has 0 atom stereocenters. The van der Waals surface area contributed by atoms with Crippen LogP contribution < -0.4 is 0 Å². The fraction of sp³-hybridized carbons (Fsp3) is 0.143. The summed E-state index contributed by atoms with van der Waals surface area (Å²) >= 11 is 5.96. The maximum Gasteiger partial charge on any atom is 0.348 e. The smallest absolute Gasteiger partial charge is 0.348 e. The Kier molecular flexibility index (Phi) is 5.69. The quantitative estimate of drug-likeness (QED) is 0.362. The first kappa shape index (κ1) is 14.0. The van der Waals surface area contributed by atoms with E-state index in [1.807, 2.05) is 30.3 Å². The van der Waals surface area contributed by atoms with E-state index in [0.29, 0.717) is 5.03 Å². The molecule has 0 fully saturated rings. The zero-order valence-electron chi connectivity index (χ0n) is 9.89. The maximum atomic E-state index is 11.4. The highest BCUT2D eigenvalue weighted by atomic mass is 35.5. The summed E-state index contributed by atoms with van der Waals surface area (Å²) in [5.41, 5.74) is 0.772. The van der Waals surface area contributed by atoms with Crippen LogP contribution in [0.15, 0.2) is 47.0 Å². The van der Waals surface area contributed by atoms with Crippen LogP contribution in [-0.4, -0.2) is 12.6 Å². The number of nitrogens with zero attached hydrogens (tertiary/aromatic N) is 1. The number of esters is 1. The minimum Gasteiger partial charge on any atom is -0.462 e. The number of ether oxygens (including phenoxy) is 1. The molecule has 0 unspecified atom stereocenters. The second kappa shape index (κ2) is 7.31. The van der Waals surface area contributed by atoms with Gasteiger partial charge in [0.2, 0.25) is 0 Å². The normalized spacial score (nSPS) is 11.8. The van der Waals surface area contributed by atoms with Crippen LogP contribution in [0.5, 0.6) is 0 Å². The van der Waals surface area contributed by atoms with E-state index in [9.17, 15) is 4.79 Å². The molecule has 1 rings (SSSR count). The third-order valence-electron chi connectivity index (χ3n) is 2.00. The first-order chi connectivity index (χ1) is 8.67.